The van der Waals surface area contributed by atoms with Crippen molar-refractivity contribution in [1.82, 2.24) is 15.5 Å². The van der Waals surface area contributed by atoms with Crippen LogP contribution >= 0.6 is 0 Å². The van der Waals surface area contributed by atoms with Gasteiger partial charge in [-0.2, -0.15) is 0 Å². The van der Waals surface area contributed by atoms with Gasteiger partial charge >= 0.3 is 12.0 Å². The maximum atomic E-state index is 11.7. The summed E-state index contributed by atoms with van der Waals surface area (Å²) < 4.78 is 0. The van der Waals surface area contributed by atoms with E-state index in [1.807, 2.05) is 13.8 Å². The average molecular weight is 287 g/mol. The molecule has 0 aromatic rings. The van der Waals surface area contributed by atoms with Gasteiger partial charge in [0.1, 0.15) is 5.54 Å². The fourth-order valence-corrected chi connectivity index (χ4v) is 1.61. The highest BCUT2D eigenvalue weighted by molar-refractivity contribution is 5.86. The maximum absolute atomic E-state index is 11.7. The number of hydrogen-bond donors (Lipinski definition) is 3. The number of carbonyl (C=O) groups excluding carboxylic acids is 2. The number of rotatable bonds is 8. The van der Waals surface area contributed by atoms with Crippen LogP contribution in [-0.4, -0.2) is 53.1 Å². The van der Waals surface area contributed by atoms with Crippen molar-refractivity contribution in [1.29, 1.82) is 0 Å². The summed E-state index contributed by atoms with van der Waals surface area (Å²) >= 11 is 0. The van der Waals surface area contributed by atoms with Gasteiger partial charge in [0.05, 0.1) is 0 Å². The predicted octanol–water partition coefficient (Wildman–Crippen LogP) is 0.797. The molecule has 1 unspecified atom stereocenters. The molecule has 0 aliphatic rings. The zero-order chi connectivity index (χ0) is 15.8. The Morgan fingerprint density at radius 3 is 2.10 bits per heavy atom. The van der Waals surface area contributed by atoms with E-state index in [-0.39, 0.29) is 25.3 Å². The molecule has 1 atom stereocenters. The highest BCUT2D eigenvalue weighted by Crippen LogP contribution is 2.08. The number of amides is 3. The first-order valence-corrected chi connectivity index (χ1v) is 6.87. The van der Waals surface area contributed by atoms with Crippen LogP contribution in [0.4, 0.5) is 4.79 Å². The molecule has 0 radical (unpaired) electrons. The predicted molar refractivity (Wildman–Crippen MR) is 75.4 cm³/mol. The van der Waals surface area contributed by atoms with Crippen LogP contribution in [0.1, 0.15) is 40.5 Å². The zero-order valence-electron chi connectivity index (χ0n) is 12.7. The van der Waals surface area contributed by atoms with Gasteiger partial charge in [0.15, 0.2) is 0 Å². The van der Waals surface area contributed by atoms with E-state index in [1.165, 1.54) is 6.92 Å². The summed E-state index contributed by atoms with van der Waals surface area (Å²) in [6.07, 6.45) is 0.471. The minimum absolute atomic E-state index is 0.0354. The van der Waals surface area contributed by atoms with E-state index in [9.17, 15) is 14.4 Å². The molecule has 0 heterocycles. The third kappa shape index (κ3) is 5.46. The summed E-state index contributed by atoms with van der Waals surface area (Å²) in [7, 11) is 0. The molecule has 0 bridgehead atoms. The number of carboxylic acids is 1. The van der Waals surface area contributed by atoms with Crippen molar-refractivity contribution in [3.63, 3.8) is 0 Å². The van der Waals surface area contributed by atoms with Gasteiger partial charge in [-0.25, -0.2) is 9.59 Å². The Balaban J connectivity index is 4.18. The van der Waals surface area contributed by atoms with Gasteiger partial charge < -0.3 is 20.6 Å². The highest BCUT2D eigenvalue weighted by Gasteiger charge is 2.32. The van der Waals surface area contributed by atoms with E-state index >= 15 is 0 Å². The molecule has 3 amide bonds. The second-order valence-electron chi connectivity index (χ2n) is 4.69. The van der Waals surface area contributed by atoms with Gasteiger partial charge in [-0.1, -0.05) is 6.92 Å². The second kappa shape index (κ2) is 8.39. The van der Waals surface area contributed by atoms with Gasteiger partial charge in [0, 0.05) is 26.1 Å². The van der Waals surface area contributed by atoms with Crippen molar-refractivity contribution < 1.29 is 19.5 Å². The normalized spacial score (nSPS) is 13.2. The van der Waals surface area contributed by atoms with E-state index in [0.717, 1.165) is 0 Å². The topological polar surface area (TPSA) is 98.7 Å². The first-order valence-electron chi connectivity index (χ1n) is 6.87. The Hall–Kier alpha value is -1.79. The molecular formula is C13H25N3O4. The van der Waals surface area contributed by atoms with Crippen LogP contribution < -0.4 is 10.6 Å². The number of carbonyl (C=O) groups is 3. The van der Waals surface area contributed by atoms with Crippen LogP contribution in [-0.2, 0) is 9.59 Å². The number of hydrogen-bond acceptors (Lipinski definition) is 3. The summed E-state index contributed by atoms with van der Waals surface area (Å²) in [4.78, 5) is 36.0. The molecule has 116 valence electrons. The van der Waals surface area contributed by atoms with Crippen molar-refractivity contribution in [3.05, 3.63) is 0 Å². The second-order valence-corrected chi connectivity index (χ2v) is 4.69. The Bertz CT molecular complexity index is 356. The van der Waals surface area contributed by atoms with Crippen LogP contribution in [0.2, 0.25) is 0 Å². The number of urea groups is 1. The lowest BCUT2D eigenvalue weighted by Crippen LogP contribution is -2.55. The molecule has 0 aliphatic heterocycles. The van der Waals surface area contributed by atoms with Crippen LogP contribution in [0.5, 0.6) is 0 Å². The van der Waals surface area contributed by atoms with Crippen molar-refractivity contribution >= 4 is 17.9 Å². The van der Waals surface area contributed by atoms with E-state index in [0.29, 0.717) is 13.1 Å². The van der Waals surface area contributed by atoms with Crippen LogP contribution in [0, 0.1) is 0 Å². The van der Waals surface area contributed by atoms with Gasteiger partial charge in [-0.3, -0.25) is 4.79 Å². The standard InChI is InChI=1S/C13H25N3O4/c1-5-13(4,11(18)19)15-12(20)14-9-8-10(17)16(6-2)7-3/h5-9H2,1-4H3,(H,18,19)(H2,14,15,20). The van der Waals surface area contributed by atoms with E-state index in [2.05, 4.69) is 10.6 Å². The van der Waals surface area contributed by atoms with Gasteiger partial charge in [0.25, 0.3) is 0 Å². The molecule has 0 spiro atoms. The molecular weight excluding hydrogens is 262 g/mol. The van der Waals surface area contributed by atoms with Gasteiger partial charge in [0.2, 0.25) is 5.91 Å². The van der Waals surface area contributed by atoms with Gasteiger partial charge in [-0.15, -0.1) is 0 Å². The number of nitrogens with zero attached hydrogens (tertiary/aromatic N) is 1. The van der Waals surface area contributed by atoms with Crippen molar-refractivity contribution in [2.24, 2.45) is 0 Å². The fourth-order valence-electron chi connectivity index (χ4n) is 1.61. The monoisotopic (exact) mass is 287 g/mol. The number of carboxylic acid groups (broad SMARTS) is 1. The lowest BCUT2D eigenvalue weighted by Gasteiger charge is -2.24. The molecule has 0 saturated heterocycles. The third-order valence-electron chi connectivity index (χ3n) is 3.31. The van der Waals surface area contributed by atoms with Crippen molar-refractivity contribution in [2.45, 2.75) is 46.1 Å². The third-order valence-corrected chi connectivity index (χ3v) is 3.31. The lowest BCUT2D eigenvalue weighted by atomic mass is 10.00. The van der Waals surface area contributed by atoms with E-state index < -0.39 is 17.5 Å². The summed E-state index contributed by atoms with van der Waals surface area (Å²) in [6, 6.07) is -0.580. The Morgan fingerprint density at radius 2 is 1.70 bits per heavy atom. The van der Waals surface area contributed by atoms with Crippen LogP contribution in [0.15, 0.2) is 0 Å². The van der Waals surface area contributed by atoms with Gasteiger partial charge in [-0.05, 0) is 27.2 Å². The maximum Gasteiger partial charge on any atom is 0.329 e. The van der Waals surface area contributed by atoms with E-state index in [4.69, 9.17) is 5.11 Å². The van der Waals surface area contributed by atoms with Crippen LogP contribution in [0.3, 0.4) is 0 Å². The zero-order valence-corrected chi connectivity index (χ0v) is 12.7. The minimum Gasteiger partial charge on any atom is -0.480 e. The molecule has 0 aromatic heterocycles. The minimum atomic E-state index is -1.30. The molecule has 0 saturated carbocycles. The average Bonchev–Trinajstić information content (AvgIpc) is 2.39. The first kappa shape index (κ1) is 18.2. The Morgan fingerprint density at radius 1 is 1.15 bits per heavy atom. The Kier molecular flexibility index (Phi) is 7.64. The van der Waals surface area contributed by atoms with Crippen molar-refractivity contribution in [3.8, 4) is 0 Å². The first-order chi connectivity index (χ1) is 9.30. The molecule has 0 aliphatic carbocycles. The highest BCUT2D eigenvalue weighted by atomic mass is 16.4. The summed E-state index contributed by atoms with van der Waals surface area (Å²) in [6.45, 7) is 8.35. The largest absolute Gasteiger partial charge is 0.480 e. The SMILES string of the molecule is CCN(CC)C(=O)CCNC(=O)NC(C)(CC)C(=O)O. The fraction of sp³-hybridized carbons (Fsp3) is 0.769. The summed E-state index contributed by atoms with van der Waals surface area (Å²) in [5.41, 5.74) is -1.30. The van der Waals surface area contributed by atoms with E-state index in [1.54, 1.807) is 11.8 Å². The molecule has 0 rings (SSSR count). The number of nitrogens with one attached hydrogen (secondary N) is 2. The summed E-state index contributed by atoms with van der Waals surface area (Å²) in [5.74, 6) is -1.12. The molecule has 0 aromatic carbocycles. The number of aliphatic carboxylic acids is 1. The summed E-state index contributed by atoms with van der Waals surface area (Å²) in [5, 5.41) is 13.9. The quantitative estimate of drug-likeness (QED) is 0.615. The molecule has 7 nitrogen and oxygen atoms in total. The molecule has 20 heavy (non-hydrogen) atoms. The van der Waals surface area contributed by atoms with Crippen molar-refractivity contribution in [2.75, 3.05) is 19.6 Å². The van der Waals surface area contributed by atoms with Crippen LogP contribution in [0.25, 0.3) is 0 Å². The Labute approximate surface area is 119 Å². The molecule has 7 heteroatoms. The smallest absolute Gasteiger partial charge is 0.329 e. The molecule has 3 N–H and O–H groups in total. The lowest BCUT2D eigenvalue weighted by molar-refractivity contribution is -0.143. The molecule has 0 fully saturated rings.